The van der Waals surface area contributed by atoms with Gasteiger partial charge in [0.1, 0.15) is 11.6 Å². The van der Waals surface area contributed by atoms with E-state index in [2.05, 4.69) is 14.7 Å². The van der Waals surface area contributed by atoms with Crippen molar-refractivity contribution in [2.75, 3.05) is 12.8 Å². The van der Waals surface area contributed by atoms with Gasteiger partial charge in [-0.2, -0.15) is 8.78 Å². The van der Waals surface area contributed by atoms with Crippen LogP contribution in [0.25, 0.3) is 10.9 Å². The minimum Gasteiger partial charge on any atom is -0.493 e. The second-order valence-electron chi connectivity index (χ2n) is 3.55. The molecular formula is C11H11F2N3O2. The summed E-state index contributed by atoms with van der Waals surface area (Å²) in [6, 6.07) is 2.83. The number of nitrogens with zero attached hydrogens (tertiary/aromatic N) is 2. The molecule has 0 aliphatic carbocycles. The highest BCUT2D eigenvalue weighted by molar-refractivity contribution is 5.90. The summed E-state index contributed by atoms with van der Waals surface area (Å²) in [5.41, 5.74) is 6.16. The number of ether oxygens (including phenoxy) is 2. The Kier molecular flexibility index (Phi) is 3.14. The van der Waals surface area contributed by atoms with Crippen LogP contribution in [0.15, 0.2) is 12.1 Å². The van der Waals surface area contributed by atoms with E-state index in [4.69, 9.17) is 10.5 Å². The van der Waals surface area contributed by atoms with E-state index in [0.717, 1.165) is 0 Å². The Bertz CT molecular complexity index is 590. The Labute approximate surface area is 102 Å². The number of rotatable bonds is 3. The molecule has 0 bridgehead atoms. The van der Waals surface area contributed by atoms with Gasteiger partial charge in [-0.1, -0.05) is 0 Å². The highest BCUT2D eigenvalue weighted by Gasteiger charge is 2.14. The van der Waals surface area contributed by atoms with Crippen LogP contribution in [0, 0.1) is 6.92 Å². The van der Waals surface area contributed by atoms with Gasteiger partial charge in [-0.3, -0.25) is 0 Å². The zero-order valence-corrected chi connectivity index (χ0v) is 9.78. The molecule has 0 saturated carbocycles. The third-order valence-electron chi connectivity index (χ3n) is 2.34. The van der Waals surface area contributed by atoms with Crippen LogP contribution in [-0.2, 0) is 0 Å². The lowest BCUT2D eigenvalue weighted by molar-refractivity contribution is -0.0511. The smallest absolute Gasteiger partial charge is 0.387 e. The number of nitrogens with two attached hydrogens (primary N) is 1. The molecule has 96 valence electrons. The second-order valence-corrected chi connectivity index (χ2v) is 3.55. The van der Waals surface area contributed by atoms with Crippen molar-refractivity contribution in [3.63, 3.8) is 0 Å². The van der Waals surface area contributed by atoms with Gasteiger partial charge in [-0.05, 0) is 13.0 Å². The van der Waals surface area contributed by atoms with Gasteiger partial charge in [0.15, 0.2) is 11.5 Å². The Morgan fingerprint density at radius 2 is 1.94 bits per heavy atom. The summed E-state index contributed by atoms with van der Waals surface area (Å²) in [6.45, 7) is -1.27. The SMILES string of the molecule is COc1cc2c(N)nc(C)nc2cc1OC(F)F. The van der Waals surface area contributed by atoms with Crippen molar-refractivity contribution < 1.29 is 18.3 Å². The summed E-state index contributed by atoms with van der Waals surface area (Å²) in [5.74, 6) is 0.784. The van der Waals surface area contributed by atoms with E-state index in [0.29, 0.717) is 16.7 Å². The molecule has 2 N–H and O–H groups in total. The first-order valence-electron chi connectivity index (χ1n) is 5.08. The Balaban J connectivity index is 2.65. The molecule has 0 spiro atoms. The van der Waals surface area contributed by atoms with Crippen molar-refractivity contribution in [2.24, 2.45) is 0 Å². The lowest BCUT2D eigenvalue weighted by Gasteiger charge is -2.11. The number of halogens is 2. The molecule has 1 aromatic heterocycles. The number of anilines is 1. The summed E-state index contributed by atoms with van der Waals surface area (Å²) in [7, 11) is 1.35. The Morgan fingerprint density at radius 1 is 1.22 bits per heavy atom. The maximum atomic E-state index is 12.3. The maximum Gasteiger partial charge on any atom is 0.387 e. The summed E-state index contributed by atoms with van der Waals surface area (Å²) in [6.07, 6.45) is 0. The fraction of sp³-hybridized carbons (Fsp3) is 0.273. The highest BCUT2D eigenvalue weighted by Crippen LogP contribution is 2.34. The molecular weight excluding hydrogens is 244 g/mol. The lowest BCUT2D eigenvalue weighted by atomic mass is 10.2. The molecule has 7 heteroatoms. The third kappa shape index (κ3) is 2.24. The van der Waals surface area contributed by atoms with E-state index in [-0.39, 0.29) is 17.3 Å². The van der Waals surface area contributed by atoms with Crippen LogP contribution in [0.3, 0.4) is 0 Å². The molecule has 1 heterocycles. The van der Waals surface area contributed by atoms with Gasteiger partial charge >= 0.3 is 6.61 Å². The van der Waals surface area contributed by atoms with Gasteiger partial charge in [0.25, 0.3) is 0 Å². The van der Waals surface area contributed by atoms with Crippen LogP contribution in [0.1, 0.15) is 5.82 Å². The summed E-state index contributed by atoms with van der Waals surface area (Å²) >= 11 is 0. The summed E-state index contributed by atoms with van der Waals surface area (Å²) in [4.78, 5) is 8.10. The Hall–Kier alpha value is -2.18. The van der Waals surface area contributed by atoms with E-state index in [9.17, 15) is 8.78 Å². The second kappa shape index (κ2) is 4.59. The van der Waals surface area contributed by atoms with Gasteiger partial charge in [0.05, 0.1) is 12.6 Å². The molecule has 2 aromatic rings. The topological polar surface area (TPSA) is 70.3 Å². The van der Waals surface area contributed by atoms with Crippen LogP contribution in [0.4, 0.5) is 14.6 Å². The van der Waals surface area contributed by atoms with Crippen molar-refractivity contribution in [1.29, 1.82) is 0 Å². The fourth-order valence-corrected chi connectivity index (χ4v) is 1.63. The van der Waals surface area contributed by atoms with Gasteiger partial charge in [-0.25, -0.2) is 9.97 Å². The van der Waals surface area contributed by atoms with Crippen LogP contribution in [-0.4, -0.2) is 23.7 Å². The molecule has 0 atom stereocenters. The van der Waals surface area contributed by atoms with E-state index in [1.807, 2.05) is 0 Å². The molecule has 0 unspecified atom stereocenters. The van der Waals surface area contributed by atoms with Gasteiger partial charge in [0.2, 0.25) is 0 Å². The molecule has 0 saturated heterocycles. The standard InChI is InChI=1S/C11H11F2N3O2/c1-5-15-7-4-9(18-11(12)13)8(17-2)3-6(7)10(14)16-5/h3-4,11H,1-2H3,(H2,14,15,16). The predicted molar refractivity (Wildman–Crippen MR) is 61.9 cm³/mol. The number of benzene rings is 1. The summed E-state index contributed by atoms with van der Waals surface area (Å²) in [5, 5.41) is 0.527. The first-order valence-corrected chi connectivity index (χ1v) is 5.08. The zero-order chi connectivity index (χ0) is 13.3. The molecule has 2 rings (SSSR count). The number of methoxy groups -OCH3 is 1. The largest absolute Gasteiger partial charge is 0.493 e. The molecule has 0 aliphatic heterocycles. The number of alkyl halides is 2. The fourth-order valence-electron chi connectivity index (χ4n) is 1.63. The molecule has 1 aromatic carbocycles. The minimum absolute atomic E-state index is 0.0856. The maximum absolute atomic E-state index is 12.3. The number of hydrogen-bond acceptors (Lipinski definition) is 5. The Morgan fingerprint density at radius 3 is 2.56 bits per heavy atom. The lowest BCUT2D eigenvalue weighted by Crippen LogP contribution is -2.04. The van der Waals surface area contributed by atoms with Crippen molar-refractivity contribution in [3.05, 3.63) is 18.0 Å². The third-order valence-corrected chi connectivity index (χ3v) is 2.34. The highest BCUT2D eigenvalue weighted by atomic mass is 19.3. The molecule has 18 heavy (non-hydrogen) atoms. The quantitative estimate of drug-likeness (QED) is 0.909. The van der Waals surface area contributed by atoms with Crippen molar-refractivity contribution in [2.45, 2.75) is 13.5 Å². The number of fused-ring (bicyclic) bond motifs is 1. The number of hydrogen-bond donors (Lipinski definition) is 1. The van der Waals surface area contributed by atoms with Crippen molar-refractivity contribution in [3.8, 4) is 11.5 Å². The number of aromatic nitrogens is 2. The van der Waals surface area contributed by atoms with E-state index >= 15 is 0 Å². The molecule has 0 fully saturated rings. The van der Waals surface area contributed by atoms with E-state index < -0.39 is 6.61 Å². The minimum atomic E-state index is -2.93. The van der Waals surface area contributed by atoms with Gasteiger partial charge in [-0.15, -0.1) is 0 Å². The predicted octanol–water partition coefficient (Wildman–Crippen LogP) is 2.13. The zero-order valence-electron chi connectivity index (χ0n) is 9.78. The average molecular weight is 255 g/mol. The monoisotopic (exact) mass is 255 g/mol. The molecule has 0 aliphatic rings. The van der Waals surface area contributed by atoms with Crippen molar-refractivity contribution >= 4 is 16.7 Å². The molecule has 5 nitrogen and oxygen atoms in total. The van der Waals surface area contributed by atoms with Crippen LogP contribution in [0.5, 0.6) is 11.5 Å². The number of nitrogen functional groups attached to an aromatic ring is 1. The van der Waals surface area contributed by atoms with E-state index in [1.165, 1.54) is 19.2 Å². The number of aryl methyl sites for hydroxylation is 1. The van der Waals surface area contributed by atoms with Crippen LogP contribution < -0.4 is 15.2 Å². The van der Waals surface area contributed by atoms with Gasteiger partial charge in [0, 0.05) is 11.5 Å². The van der Waals surface area contributed by atoms with Crippen LogP contribution in [0.2, 0.25) is 0 Å². The van der Waals surface area contributed by atoms with Crippen LogP contribution >= 0.6 is 0 Å². The van der Waals surface area contributed by atoms with Gasteiger partial charge < -0.3 is 15.2 Å². The van der Waals surface area contributed by atoms with Crippen molar-refractivity contribution in [1.82, 2.24) is 9.97 Å². The van der Waals surface area contributed by atoms with E-state index in [1.54, 1.807) is 6.92 Å². The summed E-state index contributed by atoms with van der Waals surface area (Å²) < 4.78 is 33.9. The average Bonchev–Trinajstić information content (AvgIpc) is 2.27. The first-order chi connectivity index (χ1) is 8.51. The molecule has 0 amide bonds. The first kappa shape index (κ1) is 12.3. The normalized spacial score (nSPS) is 10.9. The molecule has 0 radical (unpaired) electrons.